The van der Waals surface area contributed by atoms with Crippen molar-refractivity contribution in [1.82, 2.24) is 20.4 Å². The van der Waals surface area contributed by atoms with Gasteiger partial charge >= 0.3 is 6.18 Å². The minimum Gasteiger partial charge on any atom is -0.379 e. The molecule has 2 saturated heterocycles. The number of nitrogens with zero attached hydrogens (tertiary/aromatic N) is 3. The zero-order valence-corrected chi connectivity index (χ0v) is 16.8. The molecular weight excluding hydrogens is 383 g/mol. The van der Waals surface area contributed by atoms with Crippen molar-refractivity contribution in [2.75, 3.05) is 59.5 Å². The summed E-state index contributed by atoms with van der Waals surface area (Å²) in [6.07, 6.45) is -3.49. The molecular formula is C20H30F3N5O. The maximum atomic E-state index is 12.6. The summed E-state index contributed by atoms with van der Waals surface area (Å²) >= 11 is 0. The molecule has 0 bridgehead atoms. The van der Waals surface area contributed by atoms with E-state index in [9.17, 15) is 13.2 Å². The molecule has 0 spiro atoms. The fourth-order valence-corrected chi connectivity index (χ4v) is 3.95. The SMILES string of the molecule is CN=C(NCC(c1ccccc1)N1CCOCC1)NC1CCN(CC(F)(F)F)C1. The summed E-state index contributed by atoms with van der Waals surface area (Å²) in [4.78, 5) is 8.10. The second kappa shape index (κ2) is 10.3. The fourth-order valence-electron chi connectivity index (χ4n) is 3.95. The van der Waals surface area contributed by atoms with Crippen LogP contribution in [0.25, 0.3) is 0 Å². The van der Waals surface area contributed by atoms with Crippen LogP contribution in [0, 0.1) is 0 Å². The minimum absolute atomic E-state index is 0.0397. The van der Waals surface area contributed by atoms with E-state index in [4.69, 9.17) is 4.74 Å². The molecule has 1 aromatic rings. The summed E-state index contributed by atoms with van der Waals surface area (Å²) in [6, 6.07) is 10.4. The number of hydrogen-bond acceptors (Lipinski definition) is 4. The maximum Gasteiger partial charge on any atom is 0.401 e. The zero-order chi connectivity index (χ0) is 20.7. The molecule has 2 aliphatic rings. The second-order valence-corrected chi connectivity index (χ2v) is 7.51. The number of rotatable bonds is 6. The van der Waals surface area contributed by atoms with Crippen molar-refractivity contribution in [3.05, 3.63) is 35.9 Å². The van der Waals surface area contributed by atoms with Crippen molar-refractivity contribution in [2.24, 2.45) is 4.99 Å². The quantitative estimate of drug-likeness (QED) is 0.551. The number of nitrogens with one attached hydrogen (secondary N) is 2. The molecule has 6 nitrogen and oxygen atoms in total. The Morgan fingerprint density at radius 2 is 1.93 bits per heavy atom. The van der Waals surface area contributed by atoms with Crippen molar-refractivity contribution >= 4 is 5.96 Å². The average Bonchev–Trinajstić information content (AvgIpc) is 3.14. The van der Waals surface area contributed by atoms with Gasteiger partial charge in [-0.25, -0.2) is 0 Å². The lowest BCUT2D eigenvalue weighted by Gasteiger charge is -2.35. The minimum atomic E-state index is -4.16. The van der Waals surface area contributed by atoms with Gasteiger partial charge in [-0.3, -0.25) is 14.8 Å². The zero-order valence-electron chi connectivity index (χ0n) is 16.8. The molecule has 0 saturated carbocycles. The molecule has 9 heteroatoms. The molecule has 2 atom stereocenters. The van der Waals surface area contributed by atoms with Crippen LogP contribution < -0.4 is 10.6 Å². The monoisotopic (exact) mass is 413 g/mol. The van der Waals surface area contributed by atoms with E-state index in [0.717, 1.165) is 13.1 Å². The highest BCUT2D eigenvalue weighted by Gasteiger charge is 2.34. The molecule has 2 N–H and O–H groups in total. The van der Waals surface area contributed by atoms with E-state index >= 15 is 0 Å². The van der Waals surface area contributed by atoms with Crippen molar-refractivity contribution in [3.63, 3.8) is 0 Å². The first kappa shape index (κ1) is 21.9. The summed E-state index contributed by atoms with van der Waals surface area (Å²) in [5.41, 5.74) is 1.22. The Kier molecular flexibility index (Phi) is 7.74. The number of likely N-dealkylation sites (tertiary alicyclic amines) is 1. The Bertz CT molecular complexity index is 649. The smallest absolute Gasteiger partial charge is 0.379 e. The number of ether oxygens (including phenoxy) is 1. The van der Waals surface area contributed by atoms with E-state index in [1.54, 1.807) is 7.05 Å². The van der Waals surface area contributed by atoms with Gasteiger partial charge in [0.2, 0.25) is 0 Å². The van der Waals surface area contributed by atoms with Gasteiger partial charge in [-0.2, -0.15) is 13.2 Å². The summed E-state index contributed by atoms with van der Waals surface area (Å²) in [6.45, 7) is 3.76. The summed E-state index contributed by atoms with van der Waals surface area (Å²) in [5, 5.41) is 6.65. The van der Waals surface area contributed by atoms with Crippen LogP contribution >= 0.6 is 0 Å². The second-order valence-electron chi connectivity index (χ2n) is 7.51. The summed E-state index contributed by atoms with van der Waals surface area (Å²) in [7, 11) is 1.68. The third-order valence-corrected chi connectivity index (χ3v) is 5.37. The largest absolute Gasteiger partial charge is 0.401 e. The first-order valence-corrected chi connectivity index (χ1v) is 10.1. The number of guanidine groups is 1. The molecule has 2 aliphatic heterocycles. The van der Waals surface area contributed by atoms with Gasteiger partial charge in [0.05, 0.1) is 25.8 Å². The molecule has 2 fully saturated rings. The van der Waals surface area contributed by atoms with Gasteiger partial charge in [-0.1, -0.05) is 30.3 Å². The van der Waals surface area contributed by atoms with Crippen LogP contribution in [0.1, 0.15) is 18.0 Å². The number of morpholine rings is 1. The van der Waals surface area contributed by atoms with E-state index in [0.29, 0.717) is 45.2 Å². The molecule has 2 heterocycles. The Hall–Kier alpha value is -1.84. The first-order valence-electron chi connectivity index (χ1n) is 10.1. The molecule has 2 unspecified atom stereocenters. The van der Waals surface area contributed by atoms with Crippen molar-refractivity contribution < 1.29 is 17.9 Å². The van der Waals surface area contributed by atoms with Crippen LogP contribution in [0.4, 0.5) is 13.2 Å². The Balaban J connectivity index is 1.55. The number of benzene rings is 1. The lowest BCUT2D eigenvalue weighted by Crippen LogP contribution is -2.49. The van der Waals surface area contributed by atoms with Gasteiger partial charge in [-0.05, 0) is 12.0 Å². The van der Waals surface area contributed by atoms with Crippen molar-refractivity contribution in [2.45, 2.75) is 24.7 Å². The Labute approximate surface area is 170 Å². The maximum absolute atomic E-state index is 12.6. The Morgan fingerprint density at radius 1 is 1.21 bits per heavy atom. The molecule has 0 radical (unpaired) electrons. The lowest BCUT2D eigenvalue weighted by atomic mass is 10.0. The van der Waals surface area contributed by atoms with E-state index in [1.807, 2.05) is 18.2 Å². The van der Waals surface area contributed by atoms with Gasteiger partial charge in [0.15, 0.2) is 5.96 Å². The highest BCUT2D eigenvalue weighted by atomic mass is 19.4. The normalized spacial score (nSPS) is 23.2. The van der Waals surface area contributed by atoms with Gasteiger partial charge in [0.1, 0.15) is 0 Å². The summed E-state index contributed by atoms with van der Waals surface area (Å²) in [5.74, 6) is 0.623. The van der Waals surface area contributed by atoms with Gasteiger partial charge in [0.25, 0.3) is 0 Å². The van der Waals surface area contributed by atoms with E-state index in [2.05, 4.69) is 32.7 Å². The molecule has 0 aromatic heterocycles. The third kappa shape index (κ3) is 6.87. The van der Waals surface area contributed by atoms with Crippen LogP contribution in [0.15, 0.2) is 35.3 Å². The van der Waals surface area contributed by atoms with E-state index in [-0.39, 0.29) is 12.1 Å². The average molecular weight is 413 g/mol. The molecule has 29 heavy (non-hydrogen) atoms. The molecule has 1 aromatic carbocycles. The van der Waals surface area contributed by atoms with Crippen LogP contribution in [0.5, 0.6) is 0 Å². The van der Waals surface area contributed by atoms with Crippen LogP contribution in [-0.2, 0) is 4.74 Å². The molecule has 3 rings (SSSR count). The first-order chi connectivity index (χ1) is 13.9. The van der Waals surface area contributed by atoms with Crippen molar-refractivity contribution in [1.29, 1.82) is 0 Å². The lowest BCUT2D eigenvalue weighted by molar-refractivity contribution is -0.143. The topological polar surface area (TPSA) is 52.1 Å². The number of alkyl halides is 3. The third-order valence-electron chi connectivity index (χ3n) is 5.37. The predicted octanol–water partition coefficient (Wildman–Crippen LogP) is 1.86. The predicted molar refractivity (Wildman–Crippen MR) is 107 cm³/mol. The van der Waals surface area contributed by atoms with Crippen LogP contribution in [-0.4, -0.2) is 87.5 Å². The molecule has 0 amide bonds. The van der Waals surface area contributed by atoms with Gasteiger partial charge in [0, 0.05) is 45.8 Å². The fraction of sp³-hybridized carbons (Fsp3) is 0.650. The highest BCUT2D eigenvalue weighted by Crippen LogP contribution is 2.22. The Morgan fingerprint density at radius 3 is 2.59 bits per heavy atom. The highest BCUT2D eigenvalue weighted by molar-refractivity contribution is 5.80. The van der Waals surface area contributed by atoms with Gasteiger partial charge < -0.3 is 15.4 Å². The number of halogens is 3. The van der Waals surface area contributed by atoms with E-state index < -0.39 is 12.7 Å². The van der Waals surface area contributed by atoms with Crippen LogP contribution in [0.2, 0.25) is 0 Å². The number of aliphatic imine (C=N–C) groups is 1. The molecule has 162 valence electrons. The van der Waals surface area contributed by atoms with Gasteiger partial charge in [-0.15, -0.1) is 0 Å². The summed E-state index contributed by atoms with van der Waals surface area (Å²) < 4.78 is 43.3. The standard InChI is InChI=1S/C20H30F3N5O/c1-24-19(26-17-7-8-27(14-17)15-20(21,22)23)25-13-18(16-5-3-2-4-6-16)28-9-11-29-12-10-28/h2-6,17-18H,7-15H2,1H3,(H2,24,25,26). The van der Waals surface area contributed by atoms with Crippen molar-refractivity contribution in [3.8, 4) is 0 Å². The van der Waals surface area contributed by atoms with E-state index in [1.165, 1.54) is 10.5 Å². The molecule has 0 aliphatic carbocycles. The van der Waals surface area contributed by atoms with Crippen LogP contribution in [0.3, 0.4) is 0 Å². The number of hydrogen-bond donors (Lipinski definition) is 2.